The fourth-order valence-corrected chi connectivity index (χ4v) is 3.56. The second-order valence-corrected chi connectivity index (χ2v) is 6.84. The van der Waals surface area contributed by atoms with Gasteiger partial charge in [-0.2, -0.15) is 8.42 Å². The van der Waals surface area contributed by atoms with E-state index in [0.717, 1.165) is 0 Å². The lowest BCUT2D eigenvalue weighted by molar-refractivity contribution is -0.120. The number of nitrogens with zero attached hydrogens (tertiary/aromatic N) is 2. The molecule has 0 saturated heterocycles. The first-order valence-electron chi connectivity index (χ1n) is 7.37. The summed E-state index contributed by atoms with van der Waals surface area (Å²) in [5, 5.41) is 4.86. The maximum atomic E-state index is 12.5. The quantitative estimate of drug-likeness (QED) is 0.659. The van der Waals surface area contributed by atoms with E-state index in [1.54, 1.807) is 18.2 Å². The van der Waals surface area contributed by atoms with Crippen LogP contribution in [0.1, 0.15) is 0 Å². The highest BCUT2D eigenvalue weighted by Crippen LogP contribution is 2.30. The normalized spacial score (nSPS) is 15.5. The number of hydrogen-bond donors (Lipinski definition) is 2. The summed E-state index contributed by atoms with van der Waals surface area (Å²) in [6, 6.07) is 7.63. The molecule has 0 unspecified atom stereocenters. The largest absolute Gasteiger partial charge is 0.354 e. The highest BCUT2D eigenvalue weighted by Gasteiger charge is 2.43. The molecule has 0 bridgehead atoms. The zero-order chi connectivity index (χ0) is 18.8. The van der Waals surface area contributed by atoms with Gasteiger partial charge in [0.2, 0.25) is 6.35 Å². The lowest BCUT2D eigenvalue weighted by Gasteiger charge is -2.28. The Bertz CT molecular complexity index is 774. The molecule has 0 fully saturated rings. The van der Waals surface area contributed by atoms with Crippen LogP contribution in [0.2, 0.25) is 0 Å². The standard InChI is InChI=1S/C15H20N4O5S/c1-16-13(20)11-12(14(21)17-2)19(4)15(18(11)3)24-25(22,23)10-8-6-5-7-9-10/h5-9,15H,1-4H3,(H,16,20)(H,17,21). The molecule has 0 saturated carbocycles. The lowest BCUT2D eigenvalue weighted by Crippen LogP contribution is -2.42. The van der Waals surface area contributed by atoms with Crippen molar-refractivity contribution in [3.05, 3.63) is 41.7 Å². The molecule has 0 aliphatic carbocycles. The summed E-state index contributed by atoms with van der Waals surface area (Å²) in [5.41, 5.74) is 0.0234. The average molecular weight is 368 g/mol. The fourth-order valence-electron chi connectivity index (χ4n) is 2.47. The smallest absolute Gasteiger partial charge is 0.300 e. The minimum absolute atomic E-state index is 0.0117. The van der Waals surface area contributed by atoms with Gasteiger partial charge in [-0.1, -0.05) is 18.2 Å². The molecule has 1 heterocycles. The molecule has 0 atom stereocenters. The summed E-state index contributed by atoms with van der Waals surface area (Å²) < 4.78 is 30.2. The summed E-state index contributed by atoms with van der Waals surface area (Å²) in [5.74, 6) is -1.06. The molecule has 25 heavy (non-hydrogen) atoms. The van der Waals surface area contributed by atoms with Crippen LogP contribution in [0.3, 0.4) is 0 Å². The Morgan fingerprint density at radius 1 is 0.960 bits per heavy atom. The molecule has 1 aromatic carbocycles. The molecule has 1 aliphatic heterocycles. The predicted octanol–water partition coefficient (Wildman–Crippen LogP) is -0.744. The zero-order valence-corrected chi connectivity index (χ0v) is 15.1. The Morgan fingerprint density at radius 3 is 1.80 bits per heavy atom. The van der Waals surface area contributed by atoms with E-state index in [9.17, 15) is 18.0 Å². The van der Waals surface area contributed by atoms with Gasteiger partial charge in [0.15, 0.2) is 0 Å². The first-order valence-corrected chi connectivity index (χ1v) is 8.78. The van der Waals surface area contributed by atoms with E-state index in [4.69, 9.17) is 4.18 Å². The summed E-state index contributed by atoms with van der Waals surface area (Å²) in [4.78, 5) is 26.9. The molecule has 10 heteroatoms. The Kier molecular flexibility index (Phi) is 5.33. The van der Waals surface area contributed by atoms with Crippen molar-refractivity contribution in [3.8, 4) is 0 Å². The molecule has 9 nitrogen and oxygen atoms in total. The number of nitrogens with one attached hydrogen (secondary N) is 2. The summed E-state index contributed by atoms with van der Waals surface area (Å²) >= 11 is 0. The Labute approximate surface area is 146 Å². The van der Waals surface area contributed by atoms with Crippen LogP contribution >= 0.6 is 0 Å². The Morgan fingerprint density at radius 2 is 1.40 bits per heavy atom. The minimum atomic E-state index is -4.09. The fraction of sp³-hybridized carbons (Fsp3) is 0.333. The summed E-state index contributed by atoms with van der Waals surface area (Å²) in [6.07, 6.45) is -1.18. The van der Waals surface area contributed by atoms with E-state index in [-0.39, 0.29) is 16.3 Å². The average Bonchev–Trinajstić information content (AvgIpc) is 2.85. The van der Waals surface area contributed by atoms with Crippen LogP contribution < -0.4 is 10.6 Å². The van der Waals surface area contributed by atoms with Gasteiger partial charge in [0.25, 0.3) is 21.9 Å². The van der Waals surface area contributed by atoms with Crippen molar-refractivity contribution in [1.29, 1.82) is 0 Å². The van der Waals surface area contributed by atoms with Crippen LogP contribution in [-0.2, 0) is 23.9 Å². The molecular formula is C15H20N4O5S. The third-order valence-corrected chi connectivity index (χ3v) is 5.00. The number of benzene rings is 1. The molecule has 2 N–H and O–H groups in total. The van der Waals surface area contributed by atoms with E-state index in [1.165, 1.54) is 50.1 Å². The topological polar surface area (TPSA) is 108 Å². The second kappa shape index (κ2) is 7.11. The van der Waals surface area contributed by atoms with Gasteiger partial charge in [0.1, 0.15) is 11.4 Å². The maximum absolute atomic E-state index is 12.5. The summed E-state index contributed by atoms with van der Waals surface area (Å²) in [6.45, 7) is 0. The molecule has 136 valence electrons. The number of amides is 2. The van der Waals surface area contributed by atoms with Crippen LogP contribution in [0.15, 0.2) is 46.6 Å². The highest BCUT2D eigenvalue weighted by molar-refractivity contribution is 7.86. The third kappa shape index (κ3) is 3.44. The van der Waals surface area contributed by atoms with E-state index in [2.05, 4.69) is 10.6 Å². The number of hydrogen-bond acceptors (Lipinski definition) is 7. The van der Waals surface area contributed by atoms with Gasteiger partial charge in [0, 0.05) is 28.2 Å². The molecule has 1 aliphatic rings. The maximum Gasteiger partial charge on any atom is 0.300 e. The van der Waals surface area contributed by atoms with Crippen molar-refractivity contribution < 1.29 is 22.2 Å². The molecular weight excluding hydrogens is 348 g/mol. The number of carbonyl (C=O) groups excluding carboxylic acids is 2. The van der Waals surface area contributed by atoms with Gasteiger partial charge in [0.05, 0.1) is 4.90 Å². The van der Waals surface area contributed by atoms with Crippen molar-refractivity contribution >= 4 is 21.9 Å². The predicted molar refractivity (Wildman–Crippen MR) is 89.2 cm³/mol. The van der Waals surface area contributed by atoms with Crippen molar-refractivity contribution in [2.75, 3.05) is 28.2 Å². The molecule has 2 rings (SSSR count). The first kappa shape index (κ1) is 18.7. The van der Waals surface area contributed by atoms with Crippen molar-refractivity contribution in [1.82, 2.24) is 20.4 Å². The molecule has 0 spiro atoms. The van der Waals surface area contributed by atoms with Gasteiger partial charge < -0.3 is 20.4 Å². The van der Waals surface area contributed by atoms with Crippen LogP contribution in [0.25, 0.3) is 0 Å². The van der Waals surface area contributed by atoms with Crippen molar-refractivity contribution in [3.63, 3.8) is 0 Å². The van der Waals surface area contributed by atoms with Gasteiger partial charge in [-0.3, -0.25) is 9.59 Å². The van der Waals surface area contributed by atoms with E-state index in [0.29, 0.717) is 0 Å². The Hall–Kier alpha value is -2.59. The number of carbonyl (C=O) groups is 2. The summed E-state index contributed by atoms with van der Waals surface area (Å²) in [7, 11) is 1.69. The van der Waals surface area contributed by atoms with E-state index in [1.807, 2.05) is 0 Å². The molecule has 0 aromatic heterocycles. The zero-order valence-electron chi connectivity index (χ0n) is 14.3. The van der Waals surface area contributed by atoms with Gasteiger partial charge in [-0.05, 0) is 12.1 Å². The van der Waals surface area contributed by atoms with Gasteiger partial charge in [-0.15, -0.1) is 0 Å². The first-order chi connectivity index (χ1) is 11.7. The lowest BCUT2D eigenvalue weighted by atomic mass is 10.3. The van der Waals surface area contributed by atoms with Crippen LogP contribution in [0.5, 0.6) is 0 Å². The van der Waals surface area contributed by atoms with Crippen molar-refractivity contribution in [2.24, 2.45) is 0 Å². The SMILES string of the molecule is CNC(=O)C1=C(C(=O)NC)N(C)C(OS(=O)(=O)c2ccccc2)N1C. The third-order valence-electron chi connectivity index (χ3n) is 3.72. The molecule has 0 radical (unpaired) electrons. The molecule has 1 aromatic rings. The van der Waals surface area contributed by atoms with Crippen molar-refractivity contribution in [2.45, 2.75) is 11.2 Å². The number of likely N-dealkylation sites (N-methyl/N-ethyl adjacent to an activating group) is 4. The monoisotopic (exact) mass is 368 g/mol. The van der Waals surface area contributed by atoms with Crippen LogP contribution in [-0.4, -0.2) is 64.6 Å². The second-order valence-electron chi connectivity index (χ2n) is 5.27. The number of rotatable bonds is 5. The molecule has 2 amide bonds. The highest BCUT2D eigenvalue weighted by atomic mass is 32.2. The van der Waals surface area contributed by atoms with Gasteiger partial charge in [-0.25, -0.2) is 4.18 Å². The Balaban J connectivity index is 2.39. The van der Waals surface area contributed by atoms with Crippen LogP contribution in [0.4, 0.5) is 0 Å². The van der Waals surface area contributed by atoms with E-state index >= 15 is 0 Å². The minimum Gasteiger partial charge on any atom is -0.354 e. The van der Waals surface area contributed by atoms with Crippen LogP contribution in [0, 0.1) is 0 Å². The van der Waals surface area contributed by atoms with E-state index < -0.39 is 28.3 Å². The van der Waals surface area contributed by atoms with Gasteiger partial charge >= 0.3 is 0 Å².